The average Bonchev–Trinajstić information content (AvgIpc) is 2.72. The summed E-state index contributed by atoms with van der Waals surface area (Å²) in [7, 11) is 0. The van der Waals surface area contributed by atoms with Crippen LogP contribution in [-0.4, -0.2) is 29.9 Å². The van der Waals surface area contributed by atoms with E-state index in [0.29, 0.717) is 13.1 Å². The standard InChI is InChI=1S/C19H19NO3/c1-2-23-18(22)19-12-8-4-7-11-16(19)14-20(17(19)21)13-15-9-5-3-6-10-15/h3-12H,2,13-14H2,1H3. The van der Waals surface area contributed by atoms with Crippen molar-refractivity contribution in [2.75, 3.05) is 13.2 Å². The molecule has 0 bridgehead atoms. The van der Waals surface area contributed by atoms with Crippen molar-refractivity contribution in [1.29, 1.82) is 0 Å². The first kappa shape index (κ1) is 15.3. The van der Waals surface area contributed by atoms with Crippen molar-refractivity contribution < 1.29 is 14.3 Å². The summed E-state index contributed by atoms with van der Waals surface area (Å²) in [5.74, 6) is -0.710. The second kappa shape index (κ2) is 6.24. The van der Waals surface area contributed by atoms with Gasteiger partial charge in [0.1, 0.15) is 0 Å². The summed E-state index contributed by atoms with van der Waals surface area (Å²) in [4.78, 5) is 27.3. The van der Waals surface area contributed by atoms with E-state index in [0.717, 1.165) is 11.1 Å². The van der Waals surface area contributed by atoms with Crippen LogP contribution in [0, 0.1) is 5.41 Å². The first-order valence-corrected chi connectivity index (χ1v) is 7.74. The number of rotatable bonds is 4. The topological polar surface area (TPSA) is 46.6 Å². The Kier molecular flexibility index (Phi) is 4.15. The van der Waals surface area contributed by atoms with Crippen LogP contribution < -0.4 is 0 Å². The Morgan fingerprint density at radius 1 is 1.22 bits per heavy atom. The predicted molar refractivity (Wildman–Crippen MR) is 87.3 cm³/mol. The van der Waals surface area contributed by atoms with E-state index >= 15 is 0 Å². The van der Waals surface area contributed by atoms with E-state index < -0.39 is 11.4 Å². The number of amides is 1. The molecule has 1 heterocycles. The Labute approximate surface area is 135 Å². The van der Waals surface area contributed by atoms with Gasteiger partial charge in [0.15, 0.2) is 5.41 Å². The molecule has 0 spiro atoms. The molecule has 1 aromatic carbocycles. The van der Waals surface area contributed by atoms with Crippen LogP contribution >= 0.6 is 0 Å². The average molecular weight is 309 g/mol. The van der Waals surface area contributed by atoms with E-state index in [-0.39, 0.29) is 12.5 Å². The summed E-state index contributed by atoms with van der Waals surface area (Å²) in [5.41, 5.74) is 0.493. The first-order valence-electron chi connectivity index (χ1n) is 7.74. The molecule has 1 fully saturated rings. The second-order valence-electron chi connectivity index (χ2n) is 5.61. The number of fused-ring (bicyclic) bond motifs is 1. The van der Waals surface area contributed by atoms with Crippen LogP contribution in [0.25, 0.3) is 0 Å². The van der Waals surface area contributed by atoms with Crippen LogP contribution in [-0.2, 0) is 20.9 Å². The molecule has 3 rings (SSSR count). The molecule has 4 nitrogen and oxygen atoms in total. The number of carbonyl (C=O) groups is 2. The molecule has 2 aliphatic rings. The number of allylic oxidation sites excluding steroid dienone is 4. The molecule has 4 heteroatoms. The smallest absolute Gasteiger partial charge is 0.329 e. The van der Waals surface area contributed by atoms with Crippen molar-refractivity contribution in [3.05, 3.63) is 71.8 Å². The highest BCUT2D eigenvalue weighted by Crippen LogP contribution is 2.41. The minimum absolute atomic E-state index is 0.217. The van der Waals surface area contributed by atoms with Crippen LogP contribution in [0.1, 0.15) is 12.5 Å². The van der Waals surface area contributed by atoms with Gasteiger partial charge < -0.3 is 9.64 Å². The molecule has 0 aromatic heterocycles. The number of ether oxygens (including phenoxy) is 1. The molecule has 0 N–H and O–H groups in total. The summed E-state index contributed by atoms with van der Waals surface area (Å²) in [5, 5.41) is 0. The van der Waals surface area contributed by atoms with Gasteiger partial charge in [-0.15, -0.1) is 0 Å². The lowest BCUT2D eigenvalue weighted by Crippen LogP contribution is -2.40. The third-order valence-corrected chi connectivity index (χ3v) is 4.17. The molecule has 1 atom stereocenters. The number of benzene rings is 1. The van der Waals surface area contributed by atoms with E-state index in [9.17, 15) is 9.59 Å². The first-order chi connectivity index (χ1) is 11.2. The number of esters is 1. The lowest BCUT2D eigenvalue weighted by molar-refractivity contribution is -0.156. The molecule has 0 saturated carbocycles. The maximum absolute atomic E-state index is 13.0. The highest BCUT2D eigenvalue weighted by Gasteiger charge is 2.55. The lowest BCUT2D eigenvalue weighted by Gasteiger charge is -2.23. The van der Waals surface area contributed by atoms with Gasteiger partial charge in [-0.05, 0) is 18.1 Å². The van der Waals surface area contributed by atoms with Gasteiger partial charge in [0, 0.05) is 13.1 Å². The molecule has 1 saturated heterocycles. The third kappa shape index (κ3) is 2.61. The van der Waals surface area contributed by atoms with Crippen LogP contribution in [0.15, 0.2) is 66.3 Å². The lowest BCUT2D eigenvalue weighted by atomic mass is 9.81. The fourth-order valence-corrected chi connectivity index (χ4v) is 3.05. The van der Waals surface area contributed by atoms with E-state index in [1.54, 1.807) is 24.0 Å². The van der Waals surface area contributed by atoms with Gasteiger partial charge >= 0.3 is 5.97 Å². The normalized spacial score (nSPS) is 22.6. The largest absolute Gasteiger partial charge is 0.465 e. The summed E-state index contributed by atoms with van der Waals surface area (Å²) in [6, 6.07) is 9.77. The molecule has 1 amide bonds. The number of hydrogen-bond acceptors (Lipinski definition) is 3. The molecule has 0 radical (unpaired) electrons. The Morgan fingerprint density at radius 2 is 2.00 bits per heavy atom. The molecular formula is C19H19NO3. The molecule has 118 valence electrons. The summed E-state index contributed by atoms with van der Waals surface area (Å²) in [6.45, 7) is 2.91. The van der Waals surface area contributed by atoms with Crippen LogP contribution in [0.3, 0.4) is 0 Å². The highest BCUT2D eigenvalue weighted by atomic mass is 16.5. The van der Waals surface area contributed by atoms with Crippen LogP contribution in [0.2, 0.25) is 0 Å². The van der Waals surface area contributed by atoms with Crippen LogP contribution in [0.5, 0.6) is 0 Å². The molecule has 1 aliphatic heterocycles. The summed E-state index contributed by atoms with van der Waals surface area (Å²) >= 11 is 0. The summed E-state index contributed by atoms with van der Waals surface area (Å²) < 4.78 is 5.20. The third-order valence-electron chi connectivity index (χ3n) is 4.17. The highest BCUT2D eigenvalue weighted by molar-refractivity contribution is 6.10. The van der Waals surface area contributed by atoms with Crippen molar-refractivity contribution in [1.82, 2.24) is 4.90 Å². The van der Waals surface area contributed by atoms with Gasteiger partial charge in [-0.25, -0.2) is 0 Å². The quantitative estimate of drug-likeness (QED) is 0.634. The van der Waals surface area contributed by atoms with E-state index in [1.807, 2.05) is 48.6 Å². The zero-order valence-corrected chi connectivity index (χ0v) is 13.1. The fraction of sp³-hybridized carbons (Fsp3) is 0.263. The van der Waals surface area contributed by atoms with Crippen LogP contribution in [0.4, 0.5) is 0 Å². The Morgan fingerprint density at radius 3 is 2.74 bits per heavy atom. The van der Waals surface area contributed by atoms with E-state index in [2.05, 4.69) is 0 Å². The van der Waals surface area contributed by atoms with E-state index in [4.69, 9.17) is 4.74 Å². The van der Waals surface area contributed by atoms with Crippen molar-refractivity contribution in [3.8, 4) is 0 Å². The zero-order valence-electron chi connectivity index (χ0n) is 13.1. The van der Waals surface area contributed by atoms with Crippen molar-refractivity contribution in [3.63, 3.8) is 0 Å². The van der Waals surface area contributed by atoms with E-state index in [1.165, 1.54) is 0 Å². The van der Waals surface area contributed by atoms with Gasteiger partial charge in [-0.3, -0.25) is 9.59 Å². The van der Waals surface area contributed by atoms with Gasteiger partial charge in [-0.2, -0.15) is 0 Å². The molecular weight excluding hydrogens is 290 g/mol. The minimum atomic E-state index is -1.31. The number of carbonyl (C=O) groups excluding carboxylic acids is 2. The maximum Gasteiger partial charge on any atom is 0.329 e. The Hall–Kier alpha value is -2.62. The monoisotopic (exact) mass is 309 g/mol. The van der Waals surface area contributed by atoms with Crippen molar-refractivity contribution in [2.45, 2.75) is 13.5 Å². The fourth-order valence-electron chi connectivity index (χ4n) is 3.05. The second-order valence-corrected chi connectivity index (χ2v) is 5.61. The maximum atomic E-state index is 13.0. The molecule has 23 heavy (non-hydrogen) atoms. The van der Waals surface area contributed by atoms with Crippen molar-refractivity contribution >= 4 is 11.9 Å². The number of nitrogens with zero attached hydrogens (tertiary/aromatic N) is 1. The zero-order chi connectivity index (χ0) is 16.3. The van der Waals surface area contributed by atoms with Gasteiger partial charge in [0.25, 0.3) is 0 Å². The molecule has 1 aromatic rings. The van der Waals surface area contributed by atoms with Crippen molar-refractivity contribution in [2.24, 2.45) is 5.41 Å². The summed E-state index contributed by atoms with van der Waals surface area (Å²) in [6.07, 6.45) is 8.92. The number of likely N-dealkylation sites (tertiary alicyclic amines) is 1. The number of hydrogen-bond donors (Lipinski definition) is 0. The minimum Gasteiger partial charge on any atom is -0.465 e. The SMILES string of the molecule is CCOC(=O)C12C=CC=CC=C1CN(Cc1ccccc1)C2=O. The van der Waals surface area contributed by atoms with Gasteiger partial charge in [-0.1, -0.05) is 60.7 Å². The van der Waals surface area contributed by atoms with Gasteiger partial charge in [0.2, 0.25) is 5.91 Å². The Balaban J connectivity index is 1.95. The Bertz CT molecular complexity index is 703. The molecule has 1 unspecified atom stereocenters. The predicted octanol–water partition coefficient (Wildman–Crippen LogP) is 2.63. The molecule has 1 aliphatic carbocycles. The van der Waals surface area contributed by atoms with Gasteiger partial charge in [0.05, 0.1) is 6.61 Å².